The topological polar surface area (TPSA) is 81.4 Å². The van der Waals surface area contributed by atoms with Gasteiger partial charge in [-0.05, 0) is 26.3 Å². The quantitative estimate of drug-likeness (QED) is 0.856. The number of amides is 1. The van der Waals surface area contributed by atoms with Crippen molar-refractivity contribution in [3.05, 3.63) is 52.9 Å². The van der Waals surface area contributed by atoms with Crippen molar-refractivity contribution >= 4 is 11.9 Å². The van der Waals surface area contributed by atoms with Gasteiger partial charge in [0.05, 0.1) is 5.69 Å². The molecule has 0 aliphatic carbocycles. The molecule has 1 aromatic carbocycles. The fourth-order valence-electron chi connectivity index (χ4n) is 1.77. The summed E-state index contributed by atoms with van der Waals surface area (Å²) in [5.74, 6) is -1.10. The van der Waals surface area contributed by atoms with E-state index in [4.69, 9.17) is 9.26 Å². The van der Waals surface area contributed by atoms with Gasteiger partial charge in [0.2, 0.25) is 5.76 Å². The molecule has 0 saturated carbocycles. The van der Waals surface area contributed by atoms with E-state index in [0.29, 0.717) is 12.2 Å². The minimum Gasteiger partial charge on any atom is -0.447 e. The lowest BCUT2D eigenvalue weighted by Crippen LogP contribution is -2.35. The SMILES string of the molecule is Cc1ccc(CNC(=O)[C@H](C)OC(=O)c2cc(C)no2)cc1. The van der Waals surface area contributed by atoms with Gasteiger partial charge in [0.25, 0.3) is 5.91 Å². The molecule has 0 fully saturated rings. The fourth-order valence-corrected chi connectivity index (χ4v) is 1.77. The lowest BCUT2D eigenvalue weighted by molar-refractivity contribution is -0.129. The van der Waals surface area contributed by atoms with E-state index in [1.54, 1.807) is 6.92 Å². The lowest BCUT2D eigenvalue weighted by Gasteiger charge is -2.12. The smallest absolute Gasteiger partial charge is 0.377 e. The van der Waals surface area contributed by atoms with Crippen LogP contribution in [0.5, 0.6) is 0 Å². The molecule has 6 heteroatoms. The zero-order valence-corrected chi connectivity index (χ0v) is 12.8. The highest BCUT2D eigenvalue weighted by atomic mass is 16.6. The summed E-state index contributed by atoms with van der Waals surface area (Å²) in [6, 6.07) is 9.26. The van der Waals surface area contributed by atoms with Gasteiger partial charge in [-0.15, -0.1) is 0 Å². The van der Waals surface area contributed by atoms with Crippen LogP contribution in [0.15, 0.2) is 34.9 Å². The molecule has 0 radical (unpaired) electrons. The van der Waals surface area contributed by atoms with Crippen molar-refractivity contribution in [1.82, 2.24) is 10.5 Å². The Balaban J connectivity index is 1.84. The first-order chi connectivity index (χ1) is 10.5. The number of benzene rings is 1. The van der Waals surface area contributed by atoms with Crippen molar-refractivity contribution in [3.8, 4) is 0 Å². The van der Waals surface area contributed by atoms with Crippen LogP contribution in [-0.4, -0.2) is 23.1 Å². The number of aryl methyl sites for hydroxylation is 2. The fraction of sp³-hybridized carbons (Fsp3) is 0.312. The van der Waals surface area contributed by atoms with E-state index >= 15 is 0 Å². The molecule has 0 aliphatic heterocycles. The number of hydrogen-bond acceptors (Lipinski definition) is 5. The van der Waals surface area contributed by atoms with Crippen molar-refractivity contribution in [1.29, 1.82) is 0 Å². The number of carbonyl (C=O) groups is 2. The largest absolute Gasteiger partial charge is 0.447 e. The first kappa shape index (κ1) is 15.8. The number of rotatable bonds is 5. The molecule has 0 bridgehead atoms. The summed E-state index contributed by atoms with van der Waals surface area (Å²) in [7, 11) is 0. The van der Waals surface area contributed by atoms with Crippen LogP contribution in [0.25, 0.3) is 0 Å². The highest BCUT2D eigenvalue weighted by Gasteiger charge is 2.21. The maximum atomic E-state index is 11.9. The molecular formula is C16H18N2O4. The number of aromatic nitrogens is 1. The van der Waals surface area contributed by atoms with Gasteiger partial charge in [-0.1, -0.05) is 35.0 Å². The van der Waals surface area contributed by atoms with Gasteiger partial charge in [0.15, 0.2) is 6.10 Å². The second kappa shape index (κ2) is 6.89. The maximum Gasteiger partial charge on any atom is 0.377 e. The van der Waals surface area contributed by atoms with E-state index in [1.807, 2.05) is 31.2 Å². The van der Waals surface area contributed by atoms with Crippen LogP contribution in [0.2, 0.25) is 0 Å². The minimum atomic E-state index is -0.914. The maximum absolute atomic E-state index is 11.9. The third kappa shape index (κ3) is 4.18. The molecule has 1 atom stereocenters. The van der Waals surface area contributed by atoms with Crippen molar-refractivity contribution < 1.29 is 18.8 Å². The van der Waals surface area contributed by atoms with Gasteiger partial charge < -0.3 is 14.6 Å². The summed E-state index contributed by atoms with van der Waals surface area (Å²) in [6.45, 7) is 5.57. The highest BCUT2D eigenvalue weighted by Crippen LogP contribution is 2.07. The standard InChI is InChI=1S/C16H18N2O4/c1-10-4-6-13(7-5-10)9-17-15(19)12(3)21-16(20)14-8-11(2)18-22-14/h4-8,12H,9H2,1-3H3,(H,17,19)/t12-/m0/s1. The van der Waals surface area contributed by atoms with E-state index in [-0.39, 0.29) is 11.7 Å². The molecule has 22 heavy (non-hydrogen) atoms. The number of esters is 1. The van der Waals surface area contributed by atoms with Crippen molar-refractivity contribution in [2.75, 3.05) is 0 Å². The molecule has 1 aromatic heterocycles. The van der Waals surface area contributed by atoms with Gasteiger partial charge in [-0.3, -0.25) is 4.79 Å². The Hall–Kier alpha value is -2.63. The molecule has 0 unspecified atom stereocenters. The summed E-state index contributed by atoms with van der Waals surface area (Å²) in [5.41, 5.74) is 2.70. The number of nitrogens with zero attached hydrogens (tertiary/aromatic N) is 1. The minimum absolute atomic E-state index is 0.0179. The van der Waals surface area contributed by atoms with Gasteiger partial charge in [-0.2, -0.15) is 0 Å². The van der Waals surface area contributed by atoms with Crippen LogP contribution in [0.4, 0.5) is 0 Å². The molecule has 2 aromatic rings. The normalized spacial score (nSPS) is 11.8. The Labute approximate surface area is 128 Å². The monoisotopic (exact) mass is 302 g/mol. The zero-order valence-electron chi connectivity index (χ0n) is 12.8. The Morgan fingerprint density at radius 3 is 2.55 bits per heavy atom. The molecule has 1 amide bonds. The lowest BCUT2D eigenvalue weighted by atomic mass is 10.1. The van der Waals surface area contributed by atoms with Crippen LogP contribution in [0.1, 0.15) is 34.3 Å². The summed E-state index contributed by atoms with van der Waals surface area (Å²) in [5, 5.41) is 6.31. The predicted octanol–water partition coefficient (Wildman–Crippen LogP) is 2.15. The van der Waals surface area contributed by atoms with Gasteiger partial charge in [-0.25, -0.2) is 4.79 Å². The van der Waals surface area contributed by atoms with Crippen LogP contribution >= 0.6 is 0 Å². The molecule has 0 saturated heterocycles. The average Bonchev–Trinajstić information content (AvgIpc) is 2.93. The van der Waals surface area contributed by atoms with Gasteiger partial charge in [0.1, 0.15) is 0 Å². The van der Waals surface area contributed by atoms with Crippen LogP contribution in [0, 0.1) is 13.8 Å². The summed E-state index contributed by atoms with van der Waals surface area (Å²) >= 11 is 0. The van der Waals surface area contributed by atoms with E-state index < -0.39 is 12.1 Å². The van der Waals surface area contributed by atoms with Crippen molar-refractivity contribution in [2.24, 2.45) is 0 Å². The second-order valence-electron chi connectivity index (χ2n) is 5.08. The number of nitrogens with one attached hydrogen (secondary N) is 1. The van der Waals surface area contributed by atoms with E-state index in [1.165, 1.54) is 13.0 Å². The predicted molar refractivity (Wildman–Crippen MR) is 79.1 cm³/mol. The van der Waals surface area contributed by atoms with Crippen molar-refractivity contribution in [3.63, 3.8) is 0 Å². The van der Waals surface area contributed by atoms with Crippen molar-refractivity contribution in [2.45, 2.75) is 33.4 Å². The molecule has 2 rings (SSSR count). The highest BCUT2D eigenvalue weighted by molar-refractivity contribution is 5.89. The molecule has 0 aliphatic rings. The Bertz CT molecular complexity index is 661. The summed E-state index contributed by atoms with van der Waals surface area (Å²) < 4.78 is 9.83. The van der Waals surface area contributed by atoms with Crippen LogP contribution in [-0.2, 0) is 16.1 Å². The Kier molecular flexibility index (Phi) is 4.93. The Morgan fingerprint density at radius 2 is 1.95 bits per heavy atom. The van der Waals surface area contributed by atoms with E-state index in [9.17, 15) is 9.59 Å². The summed E-state index contributed by atoms with van der Waals surface area (Å²) in [6.07, 6.45) is -0.914. The Morgan fingerprint density at radius 1 is 1.27 bits per heavy atom. The second-order valence-corrected chi connectivity index (χ2v) is 5.08. The van der Waals surface area contributed by atoms with Crippen LogP contribution < -0.4 is 5.32 Å². The molecule has 1 heterocycles. The zero-order chi connectivity index (χ0) is 16.1. The molecular weight excluding hydrogens is 284 g/mol. The third-order valence-electron chi connectivity index (χ3n) is 3.07. The third-order valence-corrected chi connectivity index (χ3v) is 3.07. The molecule has 1 N–H and O–H groups in total. The van der Waals surface area contributed by atoms with Gasteiger partial charge in [0, 0.05) is 12.6 Å². The molecule has 6 nitrogen and oxygen atoms in total. The molecule has 0 spiro atoms. The van der Waals surface area contributed by atoms with E-state index in [2.05, 4.69) is 10.5 Å². The number of ether oxygens (including phenoxy) is 1. The van der Waals surface area contributed by atoms with E-state index in [0.717, 1.165) is 11.1 Å². The number of hydrogen-bond donors (Lipinski definition) is 1. The van der Waals surface area contributed by atoms with Crippen LogP contribution in [0.3, 0.4) is 0 Å². The first-order valence-corrected chi connectivity index (χ1v) is 6.93. The average molecular weight is 302 g/mol. The number of carbonyl (C=O) groups excluding carboxylic acids is 2. The van der Waals surface area contributed by atoms with Gasteiger partial charge >= 0.3 is 5.97 Å². The molecule has 116 valence electrons. The first-order valence-electron chi connectivity index (χ1n) is 6.93. The summed E-state index contributed by atoms with van der Waals surface area (Å²) in [4.78, 5) is 23.7.